The van der Waals surface area contributed by atoms with Gasteiger partial charge < -0.3 is 14.2 Å². The summed E-state index contributed by atoms with van der Waals surface area (Å²) in [6, 6.07) is 10.5. The van der Waals surface area contributed by atoms with Gasteiger partial charge >= 0.3 is 12.1 Å². The van der Waals surface area contributed by atoms with Crippen molar-refractivity contribution in [3.05, 3.63) is 59.2 Å². The predicted octanol–water partition coefficient (Wildman–Crippen LogP) is 4.22. The molecule has 2 rings (SSSR count). The molecule has 2 aromatic carbocycles. The average Bonchev–Trinajstić information content (AvgIpc) is 2.67. The molecule has 0 amide bonds. The number of esters is 1. The Bertz CT molecular complexity index is 929. The smallest absolute Gasteiger partial charge is 0.431 e. The number of para-hydroxylation sites is 2. The minimum atomic E-state index is -0.951. The molecule has 0 atom stereocenters. The zero-order valence-electron chi connectivity index (χ0n) is 16.6. The van der Waals surface area contributed by atoms with Gasteiger partial charge in [-0.15, -0.1) is 0 Å². The molecule has 0 radical (unpaired) electrons. The second-order valence-electron chi connectivity index (χ2n) is 6.76. The number of benzene rings is 2. The highest BCUT2D eigenvalue weighted by atomic mass is 16.7. The van der Waals surface area contributed by atoms with E-state index in [9.17, 15) is 19.2 Å². The van der Waals surface area contributed by atoms with E-state index in [0.717, 1.165) is 0 Å². The Morgan fingerprint density at radius 2 is 1.52 bits per heavy atom. The second-order valence-corrected chi connectivity index (χ2v) is 6.76. The van der Waals surface area contributed by atoms with Crippen molar-refractivity contribution in [3.8, 4) is 11.5 Å². The van der Waals surface area contributed by atoms with Crippen molar-refractivity contribution in [1.82, 2.24) is 0 Å². The molecule has 0 N–H and O–H groups in total. The molecule has 0 heterocycles. The van der Waals surface area contributed by atoms with Crippen LogP contribution in [0.1, 0.15) is 54.0 Å². The zero-order chi connectivity index (χ0) is 21.6. The van der Waals surface area contributed by atoms with Crippen molar-refractivity contribution in [1.29, 1.82) is 0 Å². The standard InChI is InChI=1S/C22H22O7/c1-13(2)21(25)29-20-15(12-23)8-7-10-17(20)19(24)16-9-5-6-11-18(16)28-22(26)27-14(3)4/h5-14H,1-4H3. The lowest BCUT2D eigenvalue weighted by molar-refractivity contribution is -0.137. The first-order valence-electron chi connectivity index (χ1n) is 9.06. The van der Waals surface area contributed by atoms with Gasteiger partial charge in [0.1, 0.15) is 5.75 Å². The molecule has 0 unspecified atom stereocenters. The number of hydrogen-bond donors (Lipinski definition) is 0. The van der Waals surface area contributed by atoms with Crippen molar-refractivity contribution < 1.29 is 33.4 Å². The highest BCUT2D eigenvalue weighted by Crippen LogP contribution is 2.30. The predicted molar refractivity (Wildman–Crippen MR) is 104 cm³/mol. The minimum absolute atomic E-state index is 0.00289. The van der Waals surface area contributed by atoms with Gasteiger partial charge in [0.2, 0.25) is 5.78 Å². The van der Waals surface area contributed by atoms with Gasteiger partial charge in [-0.25, -0.2) is 4.79 Å². The molecule has 0 aliphatic rings. The summed E-state index contributed by atoms with van der Waals surface area (Å²) in [5.41, 5.74) is 0.109. The molecule has 152 valence electrons. The van der Waals surface area contributed by atoms with Gasteiger partial charge in [0.15, 0.2) is 12.0 Å². The largest absolute Gasteiger partial charge is 0.514 e. The minimum Gasteiger partial charge on any atom is -0.431 e. The molecule has 0 saturated carbocycles. The van der Waals surface area contributed by atoms with Crippen LogP contribution in [0, 0.1) is 5.92 Å². The Morgan fingerprint density at radius 1 is 0.862 bits per heavy atom. The first-order chi connectivity index (χ1) is 13.7. The molecule has 29 heavy (non-hydrogen) atoms. The van der Waals surface area contributed by atoms with E-state index in [4.69, 9.17) is 14.2 Å². The van der Waals surface area contributed by atoms with E-state index < -0.39 is 29.9 Å². The van der Waals surface area contributed by atoms with Gasteiger partial charge in [0.25, 0.3) is 0 Å². The number of carbonyl (C=O) groups excluding carboxylic acids is 4. The lowest BCUT2D eigenvalue weighted by Gasteiger charge is -2.15. The SMILES string of the molecule is CC(C)OC(=O)Oc1ccccc1C(=O)c1cccc(C=O)c1OC(=O)C(C)C. The van der Waals surface area contributed by atoms with Crippen molar-refractivity contribution >= 4 is 24.2 Å². The molecule has 0 fully saturated rings. The third-order valence-corrected chi connectivity index (χ3v) is 3.75. The van der Waals surface area contributed by atoms with Crippen molar-refractivity contribution in [3.63, 3.8) is 0 Å². The van der Waals surface area contributed by atoms with E-state index >= 15 is 0 Å². The van der Waals surface area contributed by atoms with Gasteiger partial charge in [0, 0.05) is 0 Å². The highest BCUT2D eigenvalue weighted by Gasteiger charge is 2.24. The first kappa shape index (κ1) is 21.8. The number of rotatable bonds is 7. The summed E-state index contributed by atoms with van der Waals surface area (Å²) >= 11 is 0. The number of carbonyl (C=O) groups is 4. The molecule has 0 aromatic heterocycles. The summed E-state index contributed by atoms with van der Waals surface area (Å²) in [4.78, 5) is 48.5. The van der Waals surface area contributed by atoms with Crippen LogP contribution in [0.2, 0.25) is 0 Å². The summed E-state index contributed by atoms with van der Waals surface area (Å²) < 4.78 is 15.4. The fourth-order valence-corrected chi connectivity index (χ4v) is 2.35. The van der Waals surface area contributed by atoms with Crippen molar-refractivity contribution in [2.24, 2.45) is 5.92 Å². The van der Waals surface area contributed by atoms with Gasteiger partial charge in [-0.1, -0.05) is 32.0 Å². The molecule has 0 aliphatic carbocycles. The molecular formula is C22H22O7. The van der Waals surface area contributed by atoms with E-state index in [0.29, 0.717) is 6.29 Å². The monoisotopic (exact) mass is 398 g/mol. The van der Waals surface area contributed by atoms with E-state index in [1.54, 1.807) is 39.8 Å². The summed E-state index contributed by atoms with van der Waals surface area (Å²) in [6.07, 6.45) is -0.840. The Kier molecular flexibility index (Phi) is 7.25. The molecule has 0 aliphatic heterocycles. The van der Waals surface area contributed by atoms with Crippen LogP contribution in [0.15, 0.2) is 42.5 Å². The van der Waals surface area contributed by atoms with Crippen LogP contribution in [-0.4, -0.2) is 30.3 Å². The van der Waals surface area contributed by atoms with Gasteiger partial charge in [0.05, 0.1) is 28.7 Å². The molecule has 2 aromatic rings. The second kappa shape index (κ2) is 9.64. The Morgan fingerprint density at radius 3 is 2.14 bits per heavy atom. The number of ketones is 1. The third kappa shape index (κ3) is 5.51. The topological polar surface area (TPSA) is 96.0 Å². The zero-order valence-corrected chi connectivity index (χ0v) is 16.6. The van der Waals surface area contributed by atoms with Gasteiger partial charge in [-0.3, -0.25) is 14.4 Å². The average molecular weight is 398 g/mol. The lowest BCUT2D eigenvalue weighted by atomic mass is 9.99. The summed E-state index contributed by atoms with van der Waals surface area (Å²) in [5, 5.41) is 0. The van der Waals surface area contributed by atoms with Crippen LogP contribution >= 0.6 is 0 Å². The number of ether oxygens (including phenoxy) is 3. The molecule has 0 saturated heterocycles. The Hall–Kier alpha value is -3.48. The lowest BCUT2D eigenvalue weighted by Crippen LogP contribution is -2.19. The highest BCUT2D eigenvalue weighted by molar-refractivity contribution is 6.13. The first-order valence-corrected chi connectivity index (χ1v) is 9.06. The van der Waals surface area contributed by atoms with Crippen molar-refractivity contribution in [2.75, 3.05) is 0 Å². The normalized spacial score (nSPS) is 10.6. The third-order valence-electron chi connectivity index (χ3n) is 3.75. The van der Waals surface area contributed by atoms with E-state index in [-0.39, 0.29) is 28.2 Å². The van der Waals surface area contributed by atoms with Crippen LogP contribution in [0.3, 0.4) is 0 Å². The van der Waals surface area contributed by atoms with Crippen LogP contribution in [0.25, 0.3) is 0 Å². The van der Waals surface area contributed by atoms with Crippen LogP contribution in [0.4, 0.5) is 4.79 Å². The molecule has 7 nitrogen and oxygen atoms in total. The van der Waals surface area contributed by atoms with E-state index in [1.807, 2.05) is 0 Å². The fraction of sp³-hybridized carbons (Fsp3) is 0.273. The molecule has 0 spiro atoms. The quantitative estimate of drug-likeness (QED) is 0.227. The maximum Gasteiger partial charge on any atom is 0.514 e. The van der Waals surface area contributed by atoms with E-state index in [2.05, 4.69) is 0 Å². The summed E-state index contributed by atoms with van der Waals surface area (Å²) in [7, 11) is 0. The summed E-state index contributed by atoms with van der Waals surface area (Å²) in [6.45, 7) is 6.60. The molecule has 0 bridgehead atoms. The fourth-order valence-electron chi connectivity index (χ4n) is 2.35. The van der Waals surface area contributed by atoms with Crippen molar-refractivity contribution in [2.45, 2.75) is 33.8 Å². The summed E-state index contributed by atoms with van der Waals surface area (Å²) in [5.74, 6) is -1.77. The molecule has 7 heteroatoms. The Labute approximate surface area is 168 Å². The van der Waals surface area contributed by atoms with Gasteiger partial charge in [-0.05, 0) is 38.1 Å². The number of hydrogen-bond acceptors (Lipinski definition) is 7. The van der Waals surface area contributed by atoms with Gasteiger partial charge in [-0.2, -0.15) is 0 Å². The van der Waals surface area contributed by atoms with E-state index in [1.165, 1.54) is 30.3 Å². The maximum absolute atomic E-state index is 13.2. The van der Waals surface area contributed by atoms with Crippen LogP contribution < -0.4 is 9.47 Å². The van der Waals surface area contributed by atoms with Crippen LogP contribution in [0.5, 0.6) is 11.5 Å². The maximum atomic E-state index is 13.2. The Balaban J connectivity index is 2.47. The molecular weight excluding hydrogens is 376 g/mol. The number of aldehydes is 1. The van der Waals surface area contributed by atoms with Crippen LogP contribution in [-0.2, 0) is 9.53 Å².